The molecule has 1 saturated heterocycles. The molecule has 0 spiro atoms. The highest BCUT2D eigenvalue weighted by Crippen LogP contribution is 2.10. The van der Waals surface area contributed by atoms with Gasteiger partial charge in [-0.3, -0.25) is 5.32 Å². The third-order valence-corrected chi connectivity index (χ3v) is 2.03. The molecule has 0 bridgehead atoms. The highest BCUT2D eigenvalue weighted by molar-refractivity contribution is 4.68. The van der Waals surface area contributed by atoms with Crippen molar-refractivity contribution in [2.75, 3.05) is 6.79 Å². The van der Waals surface area contributed by atoms with Crippen LogP contribution in [0, 0.1) is 5.92 Å². The Balaban J connectivity index is 2.19. The van der Waals surface area contributed by atoms with E-state index in [0.717, 1.165) is 6.42 Å². The van der Waals surface area contributed by atoms with E-state index in [2.05, 4.69) is 26.1 Å². The second-order valence-corrected chi connectivity index (χ2v) is 3.21. The van der Waals surface area contributed by atoms with Crippen LogP contribution in [0.4, 0.5) is 0 Å². The second kappa shape index (κ2) is 4.04. The zero-order chi connectivity index (χ0) is 8.27. The maximum absolute atomic E-state index is 5.08. The van der Waals surface area contributed by atoms with Gasteiger partial charge in [0.15, 0.2) is 6.79 Å². The van der Waals surface area contributed by atoms with E-state index in [1.165, 1.54) is 0 Å². The zero-order valence-corrected chi connectivity index (χ0v) is 7.46. The van der Waals surface area contributed by atoms with Gasteiger partial charge in [-0.25, -0.2) is 0 Å². The molecule has 0 radical (unpaired) electrons. The van der Waals surface area contributed by atoms with E-state index in [0.29, 0.717) is 18.8 Å². The van der Waals surface area contributed by atoms with E-state index in [4.69, 9.17) is 9.47 Å². The van der Waals surface area contributed by atoms with Crippen LogP contribution in [-0.2, 0) is 9.47 Å². The van der Waals surface area contributed by atoms with Crippen molar-refractivity contribution < 1.29 is 9.47 Å². The second-order valence-electron chi connectivity index (χ2n) is 3.21. The van der Waals surface area contributed by atoms with E-state index in [-0.39, 0.29) is 6.41 Å². The molecule has 11 heavy (non-hydrogen) atoms. The van der Waals surface area contributed by atoms with Crippen LogP contribution >= 0.6 is 0 Å². The molecule has 0 aromatic heterocycles. The fourth-order valence-corrected chi connectivity index (χ4v) is 1.19. The first kappa shape index (κ1) is 8.97. The Morgan fingerprint density at radius 3 is 2.36 bits per heavy atom. The van der Waals surface area contributed by atoms with Crippen LogP contribution in [0.1, 0.15) is 27.2 Å². The summed E-state index contributed by atoms with van der Waals surface area (Å²) >= 11 is 0. The topological polar surface area (TPSA) is 30.5 Å². The molecule has 0 aliphatic carbocycles. The molecule has 1 rings (SSSR count). The summed E-state index contributed by atoms with van der Waals surface area (Å²) in [6.45, 7) is 6.99. The van der Waals surface area contributed by atoms with Gasteiger partial charge in [0.05, 0.1) is 0 Å². The molecule has 1 fully saturated rings. The van der Waals surface area contributed by atoms with Crippen molar-refractivity contribution in [1.82, 2.24) is 5.32 Å². The van der Waals surface area contributed by atoms with Gasteiger partial charge in [-0.2, -0.15) is 0 Å². The van der Waals surface area contributed by atoms with Gasteiger partial charge in [0.25, 0.3) is 0 Å². The Bertz CT molecular complexity index is 113. The molecule has 1 atom stereocenters. The summed E-state index contributed by atoms with van der Waals surface area (Å²) in [5, 5.41) is 3.26. The van der Waals surface area contributed by atoms with Crippen molar-refractivity contribution in [3.05, 3.63) is 0 Å². The van der Waals surface area contributed by atoms with Crippen LogP contribution in [0.2, 0.25) is 0 Å². The minimum absolute atomic E-state index is 0.151. The largest absolute Gasteiger partial charge is 0.313 e. The molecule has 0 aromatic carbocycles. The molecule has 0 unspecified atom stereocenters. The maximum Gasteiger partial charge on any atom is 0.220 e. The van der Waals surface area contributed by atoms with Crippen molar-refractivity contribution in [2.45, 2.75) is 39.6 Å². The number of nitrogens with one attached hydrogen (secondary N) is 1. The standard InChI is InChI=1S/C8H17NO2/c1-4-7(6(2)3)9-8-10-5-11-8/h6-9H,4-5H2,1-3H3/t7-/m1/s1. The fourth-order valence-electron chi connectivity index (χ4n) is 1.19. The first-order chi connectivity index (χ1) is 5.24. The van der Waals surface area contributed by atoms with E-state index in [9.17, 15) is 0 Å². The summed E-state index contributed by atoms with van der Waals surface area (Å²) in [6, 6.07) is 0.500. The minimum atomic E-state index is -0.151. The SMILES string of the molecule is CC[C@@H](NC1OCO1)C(C)C. The lowest BCUT2D eigenvalue weighted by Crippen LogP contribution is -2.49. The van der Waals surface area contributed by atoms with Gasteiger partial charge in [-0.15, -0.1) is 0 Å². The van der Waals surface area contributed by atoms with E-state index < -0.39 is 0 Å². The smallest absolute Gasteiger partial charge is 0.220 e. The maximum atomic E-state index is 5.08. The first-order valence-electron chi connectivity index (χ1n) is 4.23. The average Bonchev–Trinajstić information content (AvgIpc) is 1.85. The Morgan fingerprint density at radius 2 is 2.09 bits per heavy atom. The Kier molecular flexibility index (Phi) is 3.30. The van der Waals surface area contributed by atoms with Crippen LogP contribution in [-0.4, -0.2) is 19.2 Å². The van der Waals surface area contributed by atoms with Gasteiger partial charge in [0.1, 0.15) is 0 Å². The van der Waals surface area contributed by atoms with Gasteiger partial charge in [0, 0.05) is 6.04 Å². The molecule has 1 heterocycles. The molecular weight excluding hydrogens is 142 g/mol. The lowest BCUT2D eigenvalue weighted by atomic mass is 10.0. The monoisotopic (exact) mass is 159 g/mol. The summed E-state index contributed by atoms with van der Waals surface area (Å²) in [5.41, 5.74) is 0. The lowest BCUT2D eigenvalue weighted by molar-refractivity contribution is -0.336. The van der Waals surface area contributed by atoms with Crippen LogP contribution in [0.3, 0.4) is 0 Å². The average molecular weight is 159 g/mol. The summed E-state index contributed by atoms with van der Waals surface area (Å²) in [7, 11) is 0. The molecule has 1 aliphatic rings. The Labute approximate surface area is 68.1 Å². The summed E-state index contributed by atoms with van der Waals surface area (Å²) in [5.74, 6) is 0.632. The van der Waals surface area contributed by atoms with Crippen LogP contribution in [0.5, 0.6) is 0 Å². The number of rotatable bonds is 4. The molecule has 3 heteroatoms. The van der Waals surface area contributed by atoms with Crippen LogP contribution in [0.15, 0.2) is 0 Å². The lowest BCUT2D eigenvalue weighted by Gasteiger charge is -2.32. The number of hydrogen-bond acceptors (Lipinski definition) is 3. The van der Waals surface area contributed by atoms with Crippen molar-refractivity contribution in [1.29, 1.82) is 0 Å². The van der Waals surface area contributed by atoms with Gasteiger partial charge >= 0.3 is 0 Å². The predicted octanol–water partition coefficient (Wildman–Crippen LogP) is 1.30. The molecular formula is C8H17NO2. The summed E-state index contributed by atoms with van der Waals surface area (Å²) in [6.07, 6.45) is 0.961. The highest BCUT2D eigenvalue weighted by atomic mass is 16.9. The fraction of sp³-hybridized carbons (Fsp3) is 1.00. The van der Waals surface area contributed by atoms with Crippen molar-refractivity contribution >= 4 is 0 Å². The van der Waals surface area contributed by atoms with Crippen LogP contribution in [0.25, 0.3) is 0 Å². The van der Waals surface area contributed by atoms with Gasteiger partial charge in [-0.05, 0) is 12.3 Å². The Hall–Kier alpha value is -0.120. The molecule has 0 aromatic rings. The first-order valence-corrected chi connectivity index (χ1v) is 4.23. The summed E-state index contributed by atoms with van der Waals surface area (Å²) in [4.78, 5) is 0. The quantitative estimate of drug-likeness (QED) is 0.670. The van der Waals surface area contributed by atoms with Gasteiger partial charge in [-0.1, -0.05) is 20.8 Å². The predicted molar refractivity (Wildman–Crippen MR) is 42.9 cm³/mol. The van der Waals surface area contributed by atoms with Crippen molar-refractivity contribution in [2.24, 2.45) is 5.92 Å². The third-order valence-electron chi connectivity index (χ3n) is 2.03. The number of hydrogen-bond donors (Lipinski definition) is 1. The van der Waals surface area contributed by atoms with Gasteiger partial charge in [0.2, 0.25) is 6.41 Å². The van der Waals surface area contributed by atoms with E-state index in [1.54, 1.807) is 0 Å². The minimum Gasteiger partial charge on any atom is -0.313 e. The molecule has 66 valence electrons. The van der Waals surface area contributed by atoms with E-state index >= 15 is 0 Å². The summed E-state index contributed by atoms with van der Waals surface area (Å²) < 4.78 is 10.2. The molecule has 0 saturated carbocycles. The molecule has 1 N–H and O–H groups in total. The van der Waals surface area contributed by atoms with Gasteiger partial charge < -0.3 is 9.47 Å². The molecule has 3 nitrogen and oxygen atoms in total. The van der Waals surface area contributed by atoms with Crippen LogP contribution < -0.4 is 5.32 Å². The van der Waals surface area contributed by atoms with E-state index in [1.807, 2.05) is 0 Å². The highest BCUT2D eigenvalue weighted by Gasteiger charge is 2.22. The zero-order valence-electron chi connectivity index (χ0n) is 7.46. The third kappa shape index (κ3) is 2.43. The Morgan fingerprint density at radius 1 is 1.45 bits per heavy atom. The normalized spacial score (nSPS) is 21.8. The number of ether oxygens (including phenoxy) is 2. The molecule has 1 aliphatic heterocycles. The van der Waals surface area contributed by atoms with Crippen molar-refractivity contribution in [3.63, 3.8) is 0 Å². The molecule has 0 amide bonds. The van der Waals surface area contributed by atoms with Crippen molar-refractivity contribution in [3.8, 4) is 0 Å².